The monoisotopic (exact) mass is 606 g/mol. The highest BCUT2D eigenvalue weighted by molar-refractivity contribution is 9.10. The number of nitrogens with zero attached hydrogens (tertiary/aromatic N) is 1. The zero-order valence-corrected chi connectivity index (χ0v) is 23.0. The Morgan fingerprint density at radius 1 is 1.00 bits per heavy atom. The van der Waals surface area contributed by atoms with E-state index in [4.69, 9.17) is 16.3 Å². The van der Waals surface area contributed by atoms with Gasteiger partial charge in [0.2, 0.25) is 5.91 Å². The number of carbonyl (C=O) groups excluding carboxylic acids is 3. The van der Waals surface area contributed by atoms with Gasteiger partial charge in [-0.25, -0.2) is 0 Å². The molecule has 0 saturated carbocycles. The molecule has 190 valence electrons. The Bertz CT molecular complexity index is 1600. The molecule has 0 spiro atoms. The predicted molar refractivity (Wildman–Crippen MR) is 155 cm³/mol. The van der Waals surface area contributed by atoms with E-state index in [1.165, 1.54) is 0 Å². The summed E-state index contributed by atoms with van der Waals surface area (Å²) in [6.07, 6.45) is 1.60. The van der Waals surface area contributed by atoms with Crippen molar-refractivity contribution in [1.29, 1.82) is 0 Å². The summed E-state index contributed by atoms with van der Waals surface area (Å²) in [5, 5.41) is 4.75. The zero-order valence-electron chi connectivity index (χ0n) is 19.8. The van der Waals surface area contributed by atoms with Crippen LogP contribution in [0.3, 0.4) is 0 Å². The maximum absolute atomic E-state index is 13.1. The highest BCUT2D eigenvalue weighted by Crippen LogP contribution is 2.35. The number of rotatable bonds is 7. The van der Waals surface area contributed by atoms with Gasteiger partial charge in [0.05, 0.1) is 4.91 Å². The third-order valence-corrected chi connectivity index (χ3v) is 7.61. The van der Waals surface area contributed by atoms with Crippen molar-refractivity contribution in [2.24, 2.45) is 0 Å². The van der Waals surface area contributed by atoms with Gasteiger partial charge in [-0.2, -0.15) is 0 Å². The molecule has 1 saturated heterocycles. The van der Waals surface area contributed by atoms with Crippen molar-refractivity contribution in [3.8, 4) is 5.75 Å². The Hall–Kier alpha value is -3.59. The van der Waals surface area contributed by atoms with Gasteiger partial charge in [-0.05, 0) is 53.6 Å². The lowest BCUT2D eigenvalue weighted by Gasteiger charge is -2.14. The molecule has 9 heteroatoms. The molecule has 0 atom stereocenters. The van der Waals surface area contributed by atoms with Gasteiger partial charge >= 0.3 is 0 Å². The van der Waals surface area contributed by atoms with Crippen LogP contribution in [0, 0.1) is 0 Å². The summed E-state index contributed by atoms with van der Waals surface area (Å²) in [5.41, 5.74) is 2.04. The molecule has 3 amide bonds. The maximum atomic E-state index is 13.1. The first kappa shape index (κ1) is 26.0. The van der Waals surface area contributed by atoms with Crippen LogP contribution in [-0.4, -0.2) is 28.5 Å². The van der Waals surface area contributed by atoms with Crippen LogP contribution in [0.15, 0.2) is 94.3 Å². The number of benzene rings is 4. The second-order valence-corrected chi connectivity index (χ2v) is 10.7. The first-order valence-corrected chi connectivity index (χ1v) is 13.6. The lowest BCUT2D eigenvalue weighted by molar-refractivity contribution is -0.127. The molecular formula is C29H20BrClN2O4S. The first-order valence-electron chi connectivity index (χ1n) is 11.6. The van der Waals surface area contributed by atoms with E-state index in [-0.39, 0.29) is 18.1 Å². The van der Waals surface area contributed by atoms with Crippen LogP contribution in [0.2, 0.25) is 5.02 Å². The minimum Gasteiger partial charge on any atom is -0.488 e. The Labute approximate surface area is 236 Å². The number of hydrogen-bond acceptors (Lipinski definition) is 5. The number of nitrogens with one attached hydrogen (secondary N) is 1. The summed E-state index contributed by atoms with van der Waals surface area (Å²) >= 11 is 10.5. The topological polar surface area (TPSA) is 75.7 Å². The van der Waals surface area contributed by atoms with Gasteiger partial charge in [0.15, 0.2) is 0 Å². The standard InChI is InChI=1S/C29H20BrClN2O4S/c30-21-12-13-25(37-17-19-7-2-4-10-23(19)31)20(14-21)15-26-28(35)33(29(36)38-26)16-27(34)32-24-11-5-8-18-6-1-3-9-22(18)24/h1-15H,16-17H2,(H,32,34)/b26-15+. The van der Waals surface area contributed by atoms with Gasteiger partial charge in [0.25, 0.3) is 11.1 Å². The molecule has 4 aromatic rings. The van der Waals surface area contributed by atoms with Crippen LogP contribution in [-0.2, 0) is 16.2 Å². The fourth-order valence-electron chi connectivity index (χ4n) is 3.98. The van der Waals surface area contributed by atoms with Crippen LogP contribution in [0.4, 0.5) is 10.5 Å². The Morgan fingerprint density at radius 2 is 1.76 bits per heavy atom. The molecule has 1 fully saturated rings. The van der Waals surface area contributed by atoms with Crippen LogP contribution in [0.1, 0.15) is 11.1 Å². The quantitative estimate of drug-likeness (QED) is 0.220. The molecule has 0 aliphatic carbocycles. The molecular weight excluding hydrogens is 588 g/mol. The van der Waals surface area contributed by atoms with Crippen molar-refractivity contribution in [3.63, 3.8) is 0 Å². The normalized spacial score (nSPS) is 14.4. The molecule has 0 aromatic heterocycles. The fourth-order valence-corrected chi connectivity index (χ4v) is 5.38. The van der Waals surface area contributed by atoms with Crippen molar-refractivity contribution in [3.05, 3.63) is 110 Å². The molecule has 1 aliphatic heterocycles. The minimum absolute atomic E-state index is 0.202. The van der Waals surface area contributed by atoms with E-state index in [0.29, 0.717) is 22.0 Å². The SMILES string of the molecule is O=C(CN1C(=O)S/C(=C/c2cc(Br)ccc2OCc2ccccc2Cl)C1=O)Nc1cccc2ccccc12. The Balaban J connectivity index is 1.32. The van der Waals surface area contributed by atoms with E-state index in [1.54, 1.807) is 30.3 Å². The summed E-state index contributed by atoms with van der Waals surface area (Å²) in [5.74, 6) is -0.477. The third kappa shape index (κ3) is 5.78. The fraction of sp³-hybridized carbons (Fsp3) is 0.0690. The molecule has 38 heavy (non-hydrogen) atoms. The van der Waals surface area contributed by atoms with Gasteiger partial charge in [-0.1, -0.05) is 82.1 Å². The summed E-state index contributed by atoms with van der Waals surface area (Å²) in [6.45, 7) is -0.155. The van der Waals surface area contributed by atoms with E-state index in [2.05, 4.69) is 21.2 Å². The van der Waals surface area contributed by atoms with E-state index in [0.717, 1.165) is 37.5 Å². The van der Waals surface area contributed by atoms with Gasteiger partial charge < -0.3 is 10.1 Å². The average molecular weight is 608 g/mol. The predicted octanol–water partition coefficient (Wildman–Crippen LogP) is 7.51. The number of imide groups is 1. The van der Waals surface area contributed by atoms with Crippen molar-refractivity contribution in [1.82, 2.24) is 4.90 Å². The Morgan fingerprint density at radius 3 is 2.61 bits per heavy atom. The lowest BCUT2D eigenvalue weighted by Crippen LogP contribution is -2.36. The molecule has 0 unspecified atom stereocenters. The second kappa shape index (κ2) is 11.4. The maximum Gasteiger partial charge on any atom is 0.294 e. The highest BCUT2D eigenvalue weighted by Gasteiger charge is 2.36. The van der Waals surface area contributed by atoms with E-state index in [9.17, 15) is 14.4 Å². The van der Waals surface area contributed by atoms with Crippen molar-refractivity contribution < 1.29 is 19.1 Å². The summed E-state index contributed by atoms with van der Waals surface area (Å²) in [7, 11) is 0. The second-order valence-electron chi connectivity index (χ2n) is 8.40. The molecule has 4 aromatic carbocycles. The summed E-state index contributed by atoms with van der Waals surface area (Å²) < 4.78 is 6.77. The van der Waals surface area contributed by atoms with Crippen molar-refractivity contribution >= 4 is 78.9 Å². The average Bonchev–Trinajstić information content (AvgIpc) is 3.16. The highest BCUT2D eigenvalue weighted by atomic mass is 79.9. The molecule has 1 aliphatic rings. The van der Waals surface area contributed by atoms with Gasteiger partial charge in [-0.3, -0.25) is 19.3 Å². The number of ether oxygens (including phenoxy) is 1. The number of halogens is 2. The number of amides is 3. The zero-order chi connectivity index (χ0) is 26.6. The number of fused-ring (bicyclic) bond motifs is 1. The minimum atomic E-state index is -0.537. The first-order chi connectivity index (χ1) is 18.4. The van der Waals surface area contributed by atoms with E-state index in [1.807, 2.05) is 60.7 Å². The van der Waals surface area contributed by atoms with Crippen molar-refractivity contribution in [2.45, 2.75) is 6.61 Å². The molecule has 1 heterocycles. The van der Waals surface area contributed by atoms with Gasteiger partial charge in [-0.15, -0.1) is 0 Å². The smallest absolute Gasteiger partial charge is 0.294 e. The lowest BCUT2D eigenvalue weighted by atomic mass is 10.1. The number of carbonyl (C=O) groups is 3. The molecule has 5 rings (SSSR count). The third-order valence-electron chi connectivity index (χ3n) is 5.84. The van der Waals surface area contributed by atoms with Crippen LogP contribution in [0.5, 0.6) is 5.75 Å². The molecule has 6 nitrogen and oxygen atoms in total. The van der Waals surface area contributed by atoms with E-state index < -0.39 is 17.1 Å². The Kier molecular flexibility index (Phi) is 7.83. The summed E-state index contributed by atoms with van der Waals surface area (Å²) in [4.78, 5) is 39.7. The van der Waals surface area contributed by atoms with Crippen LogP contribution >= 0.6 is 39.3 Å². The van der Waals surface area contributed by atoms with E-state index >= 15 is 0 Å². The number of thioether (sulfide) groups is 1. The number of anilines is 1. The molecule has 0 radical (unpaired) electrons. The summed E-state index contributed by atoms with van der Waals surface area (Å²) in [6, 6.07) is 26.0. The van der Waals surface area contributed by atoms with Gasteiger partial charge in [0, 0.05) is 31.7 Å². The van der Waals surface area contributed by atoms with Crippen LogP contribution < -0.4 is 10.1 Å². The molecule has 1 N–H and O–H groups in total. The largest absolute Gasteiger partial charge is 0.488 e. The van der Waals surface area contributed by atoms with Crippen molar-refractivity contribution in [2.75, 3.05) is 11.9 Å². The van der Waals surface area contributed by atoms with Gasteiger partial charge in [0.1, 0.15) is 18.9 Å². The van der Waals surface area contributed by atoms with Crippen LogP contribution in [0.25, 0.3) is 16.8 Å². The number of hydrogen-bond donors (Lipinski definition) is 1. The molecule has 0 bridgehead atoms.